The number of hydrogen-bond acceptors (Lipinski definition) is 3. The summed E-state index contributed by atoms with van der Waals surface area (Å²) >= 11 is 5.86. The van der Waals surface area contributed by atoms with Gasteiger partial charge in [0.25, 0.3) is 0 Å². The zero-order chi connectivity index (χ0) is 17.2. The van der Waals surface area contributed by atoms with Crippen molar-refractivity contribution in [3.05, 3.63) is 77.8 Å². The van der Waals surface area contributed by atoms with Gasteiger partial charge in [0, 0.05) is 21.5 Å². The van der Waals surface area contributed by atoms with E-state index in [4.69, 9.17) is 11.6 Å². The number of aromatic amines is 1. The Labute approximate surface area is 149 Å². The second-order valence-corrected chi connectivity index (χ2v) is 6.08. The summed E-state index contributed by atoms with van der Waals surface area (Å²) < 4.78 is 0. The number of halogens is 1. The molecule has 4 nitrogen and oxygen atoms in total. The Morgan fingerprint density at radius 3 is 2.32 bits per heavy atom. The van der Waals surface area contributed by atoms with Gasteiger partial charge in [0.1, 0.15) is 5.75 Å². The van der Waals surface area contributed by atoms with Crippen molar-refractivity contribution in [3.63, 3.8) is 0 Å². The highest BCUT2D eigenvalue weighted by molar-refractivity contribution is 6.30. The number of nitrogens with zero attached hydrogens (tertiary/aromatic N) is 2. The smallest absolute Gasteiger partial charge is 0.125 e. The minimum Gasteiger partial charge on any atom is -0.507 e. The van der Waals surface area contributed by atoms with Crippen LogP contribution in [0.5, 0.6) is 5.75 Å². The predicted molar refractivity (Wildman–Crippen MR) is 101 cm³/mol. The van der Waals surface area contributed by atoms with Gasteiger partial charge in [-0.15, -0.1) is 0 Å². The summed E-state index contributed by atoms with van der Waals surface area (Å²) in [6.45, 7) is 0. The van der Waals surface area contributed by atoms with Crippen molar-refractivity contribution < 1.29 is 5.11 Å². The summed E-state index contributed by atoms with van der Waals surface area (Å²) in [5.41, 5.74) is 3.90. The molecule has 0 saturated carbocycles. The molecule has 1 aromatic heterocycles. The standard InChI is InChI=1S/C20H14ClN3O/c21-14-5-7-15(8-6-14)23-24-16-9-10-20(25)17(12-16)19-11-13-3-1-2-4-18(13)22-19/h1-12,22,25H. The molecule has 5 heteroatoms. The molecular weight excluding hydrogens is 334 g/mol. The molecule has 0 atom stereocenters. The molecule has 2 N–H and O–H groups in total. The van der Waals surface area contributed by atoms with E-state index < -0.39 is 0 Å². The van der Waals surface area contributed by atoms with Crippen LogP contribution in [0.25, 0.3) is 22.2 Å². The Kier molecular flexibility index (Phi) is 3.96. The van der Waals surface area contributed by atoms with E-state index in [9.17, 15) is 5.11 Å². The minimum absolute atomic E-state index is 0.192. The average molecular weight is 348 g/mol. The van der Waals surface area contributed by atoms with Gasteiger partial charge in [0.05, 0.1) is 17.1 Å². The summed E-state index contributed by atoms with van der Waals surface area (Å²) in [7, 11) is 0. The molecule has 1 heterocycles. The Hall–Kier alpha value is -3.11. The molecule has 0 spiro atoms. The number of phenols is 1. The van der Waals surface area contributed by atoms with Crippen LogP contribution in [-0.2, 0) is 0 Å². The van der Waals surface area contributed by atoms with Crippen LogP contribution in [0.1, 0.15) is 0 Å². The molecule has 25 heavy (non-hydrogen) atoms. The fourth-order valence-electron chi connectivity index (χ4n) is 2.64. The quantitative estimate of drug-likeness (QED) is 0.402. The molecule has 0 saturated heterocycles. The number of para-hydroxylation sites is 1. The molecule has 0 radical (unpaired) electrons. The lowest BCUT2D eigenvalue weighted by molar-refractivity contribution is 0.477. The number of hydrogen-bond donors (Lipinski definition) is 2. The van der Waals surface area contributed by atoms with Crippen LogP contribution in [0.3, 0.4) is 0 Å². The normalized spacial score (nSPS) is 11.4. The lowest BCUT2D eigenvalue weighted by atomic mass is 10.1. The molecule has 0 aliphatic heterocycles. The van der Waals surface area contributed by atoms with E-state index in [1.807, 2.05) is 30.3 Å². The summed E-state index contributed by atoms with van der Waals surface area (Å²) in [6, 6.07) is 22.3. The number of azo groups is 1. The Bertz CT molecular complexity index is 1030. The fraction of sp³-hybridized carbons (Fsp3) is 0. The number of fused-ring (bicyclic) bond motifs is 1. The maximum Gasteiger partial charge on any atom is 0.125 e. The van der Waals surface area contributed by atoms with Gasteiger partial charge in [0.2, 0.25) is 0 Å². The van der Waals surface area contributed by atoms with Crippen LogP contribution in [0.15, 0.2) is 83.0 Å². The van der Waals surface area contributed by atoms with Gasteiger partial charge in [0.15, 0.2) is 0 Å². The van der Waals surface area contributed by atoms with Crippen molar-refractivity contribution in [2.75, 3.05) is 0 Å². The molecule has 0 fully saturated rings. The molecule has 4 rings (SSSR count). The van der Waals surface area contributed by atoms with E-state index in [1.165, 1.54) is 0 Å². The summed E-state index contributed by atoms with van der Waals surface area (Å²) in [5, 5.41) is 20.4. The number of H-pyrrole nitrogens is 1. The Morgan fingerprint density at radius 2 is 1.52 bits per heavy atom. The van der Waals surface area contributed by atoms with Crippen molar-refractivity contribution in [2.24, 2.45) is 10.2 Å². The lowest BCUT2D eigenvalue weighted by Crippen LogP contribution is -1.78. The van der Waals surface area contributed by atoms with Gasteiger partial charge < -0.3 is 10.1 Å². The highest BCUT2D eigenvalue weighted by Gasteiger charge is 2.09. The first kappa shape index (κ1) is 15.4. The second-order valence-electron chi connectivity index (χ2n) is 5.65. The molecule has 0 aliphatic rings. The van der Waals surface area contributed by atoms with Crippen LogP contribution in [0, 0.1) is 0 Å². The maximum absolute atomic E-state index is 10.2. The van der Waals surface area contributed by atoms with Gasteiger partial charge in [-0.25, -0.2) is 0 Å². The Morgan fingerprint density at radius 1 is 0.800 bits per heavy atom. The number of nitrogens with one attached hydrogen (secondary N) is 1. The Balaban J connectivity index is 1.69. The second kappa shape index (κ2) is 6.42. The van der Waals surface area contributed by atoms with Gasteiger partial charge in [-0.2, -0.15) is 10.2 Å². The third-order valence-electron chi connectivity index (χ3n) is 3.91. The highest BCUT2D eigenvalue weighted by atomic mass is 35.5. The van der Waals surface area contributed by atoms with E-state index in [2.05, 4.69) is 15.2 Å². The van der Waals surface area contributed by atoms with Crippen molar-refractivity contribution in [3.8, 4) is 17.0 Å². The molecule has 0 amide bonds. The van der Waals surface area contributed by atoms with Crippen LogP contribution in [-0.4, -0.2) is 10.1 Å². The zero-order valence-electron chi connectivity index (χ0n) is 13.1. The van der Waals surface area contributed by atoms with Crippen LogP contribution >= 0.6 is 11.6 Å². The van der Waals surface area contributed by atoms with Gasteiger partial charge >= 0.3 is 0 Å². The topological polar surface area (TPSA) is 60.7 Å². The van der Waals surface area contributed by atoms with E-state index in [0.717, 1.165) is 16.6 Å². The third-order valence-corrected chi connectivity index (χ3v) is 4.16. The summed E-state index contributed by atoms with van der Waals surface area (Å²) in [4.78, 5) is 3.31. The first-order valence-electron chi connectivity index (χ1n) is 7.77. The molecular formula is C20H14ClN3O. The van der Waals surface area contributed by atoms with Crippen molar-refractivity contribution in [1.82, 2.24) is 4.98 Å². The number of phenolic OH excluding ortho intramolecular Hbond substituents is 1. The van der Waals surface area contributed by atoms with Crippen molar-refractivity contribution in [2.45, 2.75) is 0 Å². The molecule has 0 bridgehead atoms. The monoisotopic (exact) mass is 347 g/mol. The van der Waals surface area contributed by atoms with E-state index in [0.29, 0.717) is 22.0 Å². The van der Waals surface area contributed by atoms with Crippen molar-refractivity contribution >= 4 is 33.9 Å². The minimum atomic E-state index is 0.192. The van der Waals surface area contributed by atoms with E-state index in [1.54, 1.807) is 42.5 Å². The number of rotatable bonds is 3. The molecule has 0 aliphatic carbocycles. The first-order chi connectivity index (χ1) is 12.2. The average Bonchev–Trinajstić information content (AvgIpc) is 3.06. The summed E-state index contributed by atoms with van der Waals surface area (Å²) in [6.07, 6.45) is 0. The van der Waals surface area contributed by atoms with Crippen LogP contribution in [0.4, 0.5) is 11.4 Å². The maximum atomic E-state index is 10.2. The predicted octanol–water partition coefficient (Wildman–Crippen LogP) is 6.61. The largest absolute Gasteiger partial charge is 0.507 e. The molecule has 3 aromatic carbocycles. The van der Waals surface area contributed by atoms with E-state index in [-0.39, 0.29) is 5.75 Å². The lowest BCUT2D eigenvalue weighted by Gasteiger charge is -2.03. The van der Waals surface area contributed by atoms with E-state index >= 15 is 0 Å². The highest BCUT2D eigenvalue weighted by Crippen LogP contribution is 2.34. The van der Waals surface area contributed by atoms with Gasteiger partial charge in [-0.05, 0) is 54.6 Å². The van der Waals surface area contributed by atoms with Crippen LogP contribution < -0.4 is 0 Å². The van der Waals surface area contributed by atoms with Crippen LogP contribution in [0.2, 0.25) is 5.02 Å². The molecule has 4 aromatic rings. The SMILES string of the molecule is Oc1ccc(N=Nc2ccc(Cl)cc2)cc1-c1cc2ccccc2[nH]1. The fourth-order valence-corrected chi connectivity index (χ4v) is 2.77. The van der Waals surface area contributed by atoms with Gasteiger partial charge in [-0.3, -0.25) is 0 Å². The first-order valence-corrected chi connectivity index (χ1v) is 8.15. The van der Waals surface area contributed by atoms with Crippen molar-refractivity contribution in [1.29, 1.82) is 0 Å². The molecule has 0 unspecified atom stereocenters. The number of aromatic nitrogens is 1. The number of aromatic hydroxyl groups is 1. The molecule has 122 valence electrons. The zero-order valence-corrected chi connectivity index (χ0v) is 13.9. The number of benzene rings is 3. The third kappa shape index (κ3) is 3.25. The summed E-state index contributed by atoms with van der Waals surface area (Å²) in [5.74, 6) is 0.192. The van der Waals surface area contributed by atoms with Gasteiger partial charge in [-0.1, -0.05) is 29.8 Å².